The second-order valence-corrected chi connectivity index (χ2v) is 11.9. The van der Waals surface area contributed by atoms with Crippen LogP contribution in [0.15, 0.2) is 97.1 Å². The van der Waals surface area contributed by atoms with Crippen LogP contribution in [0.5, 0.6) is 0 Å². The Morgan fingerprint density at radius 2 is 1.31 bits per heavy atom. The Labute approximate surface area is 260 Å². The van der Waals surface area contributed by atoms with Crippen LogP contribution in [-0.4, -0.2) is 48.4 Å². The molecule has 3 aliphatic heterocycles. The Kier molecular flexibility index (Phi) is 6.65. The molecule has 1 spiro atoms. The van der Waals surface area contributed by atoms with E-state index in [-0.39, 0.29) is 12.1 Å². The number of nitro groups is 1. The number of carbonyl (C=O) groups is 3. The molecule has 3 aliphatic rings. The quantitative estimate of drug-likeness (QED) is 0.169. The largest absolute Gasteiger partial charge is 0.368 e. The Morgan fingerprint density at radius 1 is 0.733 bits per heavy atom. The monoisotopic (exact) mass is 601 g/mol. The summed E-state index contributed by atoms with van der Waals surface area (Å²) in [5, 5.41) is 11.8. The summed E-state index contributed by atoms with van der Waals surface area (Å²) in [5.41, 5.74) is 2.96. The van der Waals surface area contributed by atoms with Gasteiger partial charge in [-0.15, -0.1) is 0 Å². The van der Waals surface area contributed by atoms with E-state index in [1.165, 1.54) is 12.1 Å². The number of nitrogens with zero attached hydrogens (tertiary/aromatic N) is 5. The Bertz CT molecular complexity index is 1770. The van der Waals surface area contributed by atoms with Gasteiger partial charge in [0.05, 0.1) is 22.3 Å². The van der Waals surface area contributed by atoms with Crippen molar-refractivity contribution in [3.63, 3.8) is 0 Å². The number of aryl methyl sites for hydroxylation is 2. The van der Waals surface area contributed by atoms with Gasteiger partial charge in [-0.25, -0.2) is 14.6 Å². The Hall–Kier alpha value is -5.51. The molecule has 0 radical (unpaired) electrons. The zero-order chi connectivity index (χ0) is 31.5. The fourth-order valence-electron chi connectivity index (χ4n) is 6.94. The minimum absolute atomic E-state index is 0.0938. The van der Waals surface area contributed by atoms with Gasteiger partial charge in [0, 0.05) is 49.6 Å². The predicted octanol–water partition coefficient (Wildman–Crippen LogP) is 5.65. The summed E-state index contributed by atoms with van der Waals surface area (Å²) in [6.07, 6.45) is -0.0938. The number of hydrogen-bond acceptors (Lipinski definition) is 7. The van der Waals surface area contributed by atoms with E-state index in [1.807, 2.05) is 73.3 Å². The number of amides is 4. The van der Waals surface area contributed by atoms with E-state index < -0.39 is 34.2 Å². The predicted molar refractivity (Wildman–Crippen MR) is 172 cm³/mol. The maximum absolute atomic E-state index is 15.0. The molecule has 4 aromatic carbocycles. The van der Waals surface area contributed by atoms with E-state index in [0.717, 1.165) is 32.3 Å². The summed E-state index contributed by atoms with van der Waals surface area (Å²) in [7, 11) is 0. The molecule has 2 saturated heterocycles. The Morgan fingerprint density at radius 3 is 1.87 bits per heavy atom. The number of hydrogen-bond donors (Lipinski definition) is 0. The molecule has 4 aromatic rings. The molecule has 4 amide bonds. The molecular formula is C35H31N5O5. The lowest BCUT2D eigenvalue weighted by Crippen LogP contribution is -2.76. The van der Waals surface area contributed by atoms with E-state index in [0.29, 0.717) is 36.6 Å². The summed E-state index contributed by atoms with van der Waals surface area (Å²) < 4.78 is 0. The van der Waals surface area contributed by atoms with Crippen LogP contribution in [0.3, 0.4) is 0 Å². The number of urea groups is 1. The molecule has 7 rings (SSSR count). The normalized spacial score (nSPS) is 19.1. The van der Waals surface area contributed by atoms with E-state index in [2.05, 4.69) is 4.90 Å². The van der Waals surface area contributed by atoms with E-state index >= 15 is 9.59 Å². The number of benzene rings is 4. The summed E-state index contributed by atoms with van der Waals surface area (Å²) >= 11 is 0. The van der Waals surface area contributed by atoms with Crippen LogP contribution in [0.4, 0.5) is 33.2 Å². The van der Waals surface area contributed by atoms with Crippen LogP contribution in [0.2, 0.25) is 0 Å². The topological polar surface area (TPSA) is 107 Å². The number of carbonyl (C=O) groups excluding carboxylic acids is 3. The van der Waals surface area contributed by atoms with Crippen LogP contribution in [0.1, 0.15) is 16.7 Å². The standard InChI is InChI=1S/C35H31N5O5/c1-23-8-12-27(13-9-23)38-32(41)35(33(42)39(34(38)43)28-14-10-24(2)11-15-28)21-25-20-29(40(44)45)16-17-30(25)37-19-18-36(22-31(35)37)26-6-4-3-5-7-26/h3-17,20,31H,18-19,21-22H2,1-2H3/t31-/m0/s1. The number of piperazine rings is 1. The van der Waals surface area contributed by atoms with Crippen LogP contribution >= 0.6 is 0 Å². The lowest BCUT2D eigenvalue weighted by atomic mass is 9.67. The van der Waals surface area contributed by atoms with Crippen molar-refractivity contribution < 1.29 is 19.3 Å². The molecule has 0 aliphatic carbocycles. The van der Waals surface area contributed by atoms with E-state index in [9.17, 15) is 14.9 Å². The highest BCUT2D eigenvalue weighted by Gasteiger charge is 2.65. The molecule has 2 fully saturated rings. The van der Waals surface area contributed by atoms with Gasteiger partial charge < -0.3 is 9.80 Å². The maximum atomic E-state index is 15.0. The first-order valence-corrected chi connectivity index (χ1v) is 14.9. The maximum Gasteiger partial charge on any atom is 0.342 e. The summed E-state index contributed by atoms with van der Waals surface area (Å²) in [6, 6.07) is 27.1. The highest BCUT2D eigenvalue weighted by Crippen LogP contribution is 2.49. The van der Waals surface area contributed by atoms with Crippen LogP contribution in [0, 0.1) is 29.4 Å². The lowest BCUT2D eigenvalue weighted by Gasteiger charge is -2.56. The first-order chi connectivity index (χ1) is 21.7. The zero-order valence-corrected chi connectivity index (χ0v) is 24.9. The third-order valence-electron chi connectivity index (χ3n) is 9.26. The third-order valence-corrected chi connectivity index (χ3v) is 9.26. The Balaban J connectivity index is 1.46. The minimum Gasteiger partial charge on any atom is -0.368 e. The van der Waals surface area contributed by atoms with Crippen LogP contribution in [-0.2, 0) is 16.0 Å². The van der Waals surface area contributed by atoms with Crippen molar-refractivity contribution in [3.8, 4) is 0 Å². The number of rotatable bonds is 4. The molecule has 45 heavy (non-hydrogen) atoms. The van der Waals surface area contributed by atoms with Gasteiger partial charge in [-0.1, -0.05) is 53.6 Å². The number of imide groups is 2. The molecule has 0 bridgehead atoms. The van der Waals surface area contributed by atoms with Gasteiger partial charge >= 0.3 is 6.03 Å². The first-order valence-electron chi connectivity index (χ1n) is 14.9. The molecule has 0 N–H and O–H groups in total. The molecule has 3 heterocycles. The number of barbiturate groups is 1. The number of nitro benzene ring substituents is 1. The van der Waals surface area contributed by atoms with Crippen molar-refractivity contribution in [1.29, 1.82) is 0 Å². The second kappa shape index (κ2) is 10.6. The van der Waals surface area contributed by atoms with Gasteiger partial charge in [0.1, 0.15) is 0 Å². The van der Waals surface area contributed by atoms with Crippen molar-refractivity contribution in [1.82, 2.24) is 0 Å². The summed E-state index contributed by atoms with van der Waals surface area (Å²) in [4.78, 5) is 62.1. The van der Waals surface area contributed by atoms with E-state index in [1.54, 1.807) is 30.3 Å². The SMILES string of the molecule is Cc1ccc(N2C(=O)N(c3ccc(C)cc3)C(=O)C3(Cc4cc([N+](=O)[O-])ccc4N4CCN(c5ccccc5)C[C@H]43)C2=O)cc1. The highest BCUT2D eigenvalue weighted by molar-refractivity contribution is 6.39. The average molecular weight is 602 g/mol. The van der Waals surface area contributed by atoms with E-state index in [4.69, 9.17) is 0 Å². The van der Waals surface area contributed by atoms with Gasteiger partial charge in [-0.2, -0.15) is 0 Å². The molecule has 0 unspecified atom stereocenters. The van der Waals surface area contributed by atoms with Crippen molar-refractivity contribution in [2.75, 3.05) is 39.2 Å². The second-order valence-electron chi connectivity index (χ2n) is 11.9. The molecule has 226 valence electrons. The van der Waals surface area contributed by atoms with Crippen LogP contribution in [0.25, 0.3) is 0 Å². The molecule has 0 aromatic heterocycles. The fraction of sp³-hybridized carbons (Fsp3) is 0.229. The van der Waals surface area contributed by atoms with Gasteiger partial charge in [0.25, 0.3) is 17.5 Å². The van der Waals surface area contributed by atoms with Gasteiger partial charge in [0.2, 0.25) is 0 Å². The van der Waals surface area contributed by atoms with Gasteiger partial charge in [-0.3, -0.25) is 19.7 Å². The minimum atomic E-state index is -1.76. The molecule has 0 saturated carbocycles. The lowest BCUT2D eigenvalue weighted by molar-refractivity contribution is -0.384. The van der Waals surface area contributed by atoms with Gasteiger partial charge in [-0.05, 0) is 61.9 Å². The molecule has 10 nitrogen and oxygen atoms in total. The fourth-order valence-corrected chi connectivity index (χ4v) is 6.94. The van der Waals surface area contributed by atoms with Crippen molar-refractivity contribution in [2.45, 2.75) is 26.3 Å². The van der Waals surface area contributed by atoms with Crippen molar-refractivity contribution in [3.05, 3.63) is 124 Å². The zero-order valence-electron chi connectivity index (χ0n) is 24.9. The third kappa shape index (κ3) is 4.44. The van der Waals surface area contributed by atoms with Gasteiger partial charge in [0.15, 0.2) is 5.41 Å². The summed E-state index contributed by atoms with van der Waals surface area (Å²) in [5.74, 6) is -1.27. The molecular weight excluding hydrogens is 570 g/mol. The first kappa shape index (κ1) is 28.3. The number of para-hydroxylation sites is 1. The summed E-state index contributed by atoms with van der Waals surface area (Å²) in [6.45, 7) is 5.23. The van der Waals surface area contributed by atoms with Crippen molar-refractivity contribution in [2.24, 2.45) is 5.41 Å². The molecule has 1 atom stereocenters. The molecule has 10 heteroatoms. The van der Waals surface area contributed by atoms with Crippen LogP contribution < -0.4 is 19.6 Å². The average Bonchev–Trinajstić information content (AvgIpc) is 3.05. The smallest absolute Gasteiger partial charge is 0.342 e. The highest BCUT2D eigenvalue weighted by atomic mass is 16.6. The number of fused-ring (bicyclic) bond motifs is 4. The number of non-ortho nitro benzene ring substituents is 1. The number of anilines is 4. The van der Waals surface area contributed by atoms with Crippen molar-refractivity contribution >= 4 is 46.3 Å².